The van der Waals surface area contributed by atoms with Crippen molar-refractivity contribution in [2.24, 2.45) is 0 Å². The van der Waals surface area contributed by atoms with Gasteiger partial charge in [-0.1, -0.05) is 13.8 Å². The highest BCUT2D eigenvalue weighted by Gasteiger charge is 2.13. The highest BCUT2D eigenvalue weighted by molar-refractivity contribution is 7.11. The Morgan fingerprint density at radius 2 is 1.68 bits per heavy atom. The van der Waals surface area contributed by atoms with Crippen LogP contribution in [0.1, 0.15) is 74.7 Å². The lowest BCUT2D eigenvalue weighted by Crippen LogP contribution is -2.09. The molecule has 25 heavy (non-hydrogen) atoms. The molecule has 0 aromatic carbocycles. The van der Waals surface area contributed by atoms with Gasteiger partial charge in [0.1, 0.15) is 18.1 Å². The van der Waals surface area contributed by atoms with Crippen LogP contribution < -0.4 is 0 Å². The number of ether oxygens (including phenoxy) is 2. The highest BCUT2D eigenvalue weighted by atomic mass is 32.1. The zero-order chi connectivity index (χ0) is 18.2. The first-order valence-corrected chi connectivity index (χ1v) is 10.2. The van der Waals surface area contributed by atoms with E-state index in [1.54, 1.807) is 0 Å². The molecule has 0 spiro atoms. The first-order valence-electron chi connectivity index (χ1n) is 9.37. The van der Waals surface area contributed by atoms with E-state index >= 15 is 0 Å². The minimum Gasteiger partial charge on any atom is -0.463 e. The summed E-state index contributed by atoms with van der Waals surface area (Å²) in [7, 11) is 0. The summed E-state index contributed by atoms with van der Waals surface area (Å²) in [5.74, 6) is 2.34. The first kappa shape index (κ1) is 20.2. The zero-order valence-corrected chi connectivity index (χ0v) is 17.0. The molecule has 2 atom stereocenters. The largest absolute Gasteiger partial charge is 0.463 e. The second-order valence-corrected chi connectivity index (χ2v) is 8.24. The van der Waals surface area contributed by atoms with Crippen molar-refractivity contribution in [2.45, 2.75) is 85.2 Å². The summed E-state index contributed by atoms with van der Waals surface area (Å²) in [4.78, 5) is 2.74. The fourth-order valence-electron chi connectivity index (χ4n) is 2.61. The minimum absolute atomic E-state index is 0.223. The quantitative estimate of drug-likeness (QED) is 0.468. The van der Waals surface area contributed by atoms with Crippen LogP contribution in [0.15, 0.2) is 28.7 Å². The molecule has 2 aromatic heterocycles. The molecule has 2 heterocycles. The van der Waals surface area contributed by atoms with Crippen LogP contribution >= 0.6 is 11.3 Å². The lowest BCUT2D eigenvalue weighted by atomic mass is 10.0. The summed E-state index contributed by atoms with van der Waals surface area (Å²) in [6.45, 7) is 11.9. The lowest BCUT2D eigenvalue weighted by molar-refractivity contribution is 0.0458. The summed E-state index contributed by atoms with van der Waals surface area (Å²) < 4.78 is 17.5. The van der Waals surface area contributed by atoms with Gasteiger partial charge in [0.25, 0.3) is 0 Å². The van der Waals surface area contributed by atoms with E-state index in [1.807, 2.05) is 31.3 Å². The average molecular weight is 365 g/mol. The average Bonchev–Trinajstić information content (AvgIpc) is 3.25. The Hall–Kier alpha value is -1.10. The van der Waals surface area contributed by atoms with Crippen molar-refractivity contribution < 1.29 is 13.9 Å². The van der Waals surface area contributed by atoms with Crippen molar-refractivity contribution >= 4 is 11.3 Å². The van der Waals surface area contributed by atoms with Gasteiger partial charge in [-0.15, -0.1) is 11.3 Å². The molecule has 0 N–H and O–H groups in total. The molecule has 0 aliphatic rings. The molecule has 2 aromatic rings. The van der Waals surface area contributed by atoms with Gasteiger partial charge in [-0.3, -0.25) is 0 Å². The Morgan fingerprint density at radius 1 is 0.920 bits per heavy atom. The van der Waals surface area contributed by atoms with Gasteiger partial charge in [0.15, 0.2) is 0 Å². The Morgan fingerprint density at radius 3 is 2.36 bits per heavy atom. The summed E-state index contributed by atoms with van der Waals surface area (Å²) >= 11 is 1.85. The first-order chi connectivity index (χ1) is 12.0. The Labute approximate surface area is 156 Å². The zero-order valence-electron chi connectivity index (χ0n) is 16.2. The van der Waals surface area contributed by atoms with Gasteiger partial charge in [-0.25, -0.2) is 0 Å². The molecule has 0 saturated carbocycles. The maximum Gasteiger partial charge on any atom is 0.129 e. The molecule has 0 radical (unpaired) electrons. The predicted molar refractivity (Wildman–Crippen MR) is 104 cm³/mol. The van der Waals surface area contributed by atoms with Crippen LogP contribution in [-0.2, 0) is 29.1 Å². The normalized spacial score (nSPS) is 14.2. The molecule has 0 bridgehead atoms. The van der Waals surface area contributed by atoms with Crippen molar-refractivity contribution in [2.75, 3.05) is 0 Å². The van der Waals surface area contributed by atoms with E-state index in [1.165, 1.54) is 9.75 Å². The summed E-state index contributed by atoms with van der Waals surface area (Å²) in [6.07, 6.45) is 3.68. The van der Waals surface area contributed by atoms with E-state index in [2.05, 4.69) is 39.0 Å². The smallest absolute Gasteiger partial charge is 0.129 e. The van der Waals surface area contributed by atoms with Gasteiger partial charge in [-0.2, -0.15) is 0 Å². The summed E-state index contributed by atoms with van der Waals surface area (Å²) in [5, 5.41) is 0. The van der Waals surface area contributed by atoms with E-state index in [-0.39, 0.29) is 12.2 Å². The number of aryl methyl sites for hydroxylation is 1. The summed E-state index contributed by atoms with van der Waals surface area (Å²) in [5.41, 5.74) is 0. The van der Waals surface area contributed by atoms with Crippen LogP contribution in [0.25, 0.3) is 0 Å². The van der Waals surface area contributed by atoms with Gasteiger partial charge in [0.05, 0.1) is 18.8 Å². The molecule has 2 unspecified atom stereocenters. The van der Waals surface area contributed by atoms with Crippen LogP contribution in [0, 0.1) is 0 Å². The Balaban J connectivity index is 1.70. The van der Waals surface area contributed by atoms with Crippen LogP contribution in [-0.4, -0.2) is 12.2 Å². The van der Waals surface area contributed by atoms with Crippen molar-refractivity contribution in [3.8, 4) is 0 Å². The standard InChI is InChI=1S/C21H32O3S/c1-6-19-10-11-20(25-19)14-23-17(5)8-7-16(4)21-12-9-18(24-21)13-22-15(2)3/h9-12,15-17H,6-8,13-14H2,1-5H3. The second-order valence-electron chi connectivity index (χ2n) is 6.99. The van der Waals surface area contributed by atoms with Gasteiger partial charge in [0, 0.05) is 15.7 Å². The molecule has 0 aliphatic carbocycles. The van der Waals surface area contributed by atoms with Crippen LogP contribution in [0.3, 0.4) is 0 Å². The second kappa shape index (κ2) is 10.1. The van der Waals surface area contributed by atoms with E-state index in [0.29, 0.717) is 12.5 Å². The maximum atomic E-state index is 6.00. The maximum absolute atomic E-state index is 6.00. The molecule has 2 rings (SSSR count). The van der Waals surface area contributed by atoms with E-state index in [0.717, 1.165) is 37.4 Å². The van der Waals surface area contributed by atoms with Crippen molar-refractivity contribution in [1.29, 1.82) is 0 Å². The van der Waals surface area contributed by atoms with Crippen molar-refractivity contribution in [3.63, 3.8) is 0 Å². The number of thiophene rings is 1. The number of hydrogen-bond donors (Lipinski definition) is 0. The number of rotatable bonds is 11. The molecule has 0 aliphatic heterocycles. The molecular weight excluding hydrogens is 332 g/mol. The lowest BCUT2D eigenvalue weighted by Gasteiger charge is -2.15. The van der Waals surface area contributed by atoms with E-state index < -0.39 is 0 Å². The van der Waals surface area contributed by atoms with E-state index in [4.69, 9.17) is 13.9 Å². The minimum atomic E-state index is 0.223. The number of hydrogen-bond acceptors (Lipinski definition) is 4. The molecule has 0 fully saturated rings. The highest BCUT2D eigenvalue weighted by Crippen LogP contribution is 2.25. The van der Waals surface area contributed by atoms with Crippen molar-refractivity contribution in [1.82, 2.24) is 0 Å². The molecule has 0 amide bonds. The molecule has 4 heteroatoms. The third kappa shape index (κ3) is 6.96. The molecule has 0 saturated heterocycles. The fourth-order valence-corrected chi connectivity index (χ4v) is 3.49. The fraction of sp³-hybridized carbons (Fsp3) is 0.619. The van der Waals surface area contributed by atoms with Gasteiger partial charge >= 0.3 is 0 Å². The van der Waals surface area contributed by atoms with Crippen LogP contribution in [0.5, 0.6) is 0 Å². The van der Waals surface area contributed by atoms with Crippen LogP contribution in [0.4, 0.5) is 0 Å². The molecule has 3 nitrogen and oxygen atoms in total. The summed E-state index contributed by atoms with van der Waals surface area (Å²) in [6, 6.07) is 8.49. The topological polar surface area (TPSA) is 31.6 Å². The van der Waals surface area contributed by atoms with Gasteiger partial charge in [0.2, 0.25) is 0 Å². The monoisotopic (exact) mass is 364 g/mol. The predicted octanol–water partition coefficient (Wildman–Crippen LogP) is 6.32. The Kier molecular flexibility index (Phi) is 8.20. The number of furan rings is 1. The molecule has 140 valence electrons. The third-order valence-corrected chi connectivity index (χ3v) is 5.51. The van der Waals surface area contributed by atoms with Crippen molar-refractivity contribution in [3.05, 3.63) is 45.5 Å². The van der Waals surface area contributed by atoms with Gasteiger partial charge in [-0.05, 0) is 64.3 Å². The van der Waals surface area contributed by atoms with E-state index in [9.17, 15) is 0 Å². The molecular formula is C21H32O3S. The SMILES string of the molecule is CCc1ccc(COC(C)CCC(C)c2ccc(COC(C)C)o2)s1. The third-order valence-electron chi connectivity index (χ3n) is 4.31. The Bertz CT molecular complexity index is 614. The van der Waals surface area contributed by atoms with Crippen LogP contribution in [0.2, 0.25) is 0 Å². The van der Waals surface area contributed by atoms with Gasteiger partial charge < -0.3 is 13.9 Å².